The Bertz CT molecular complexity index is 903. The largest absolute Gasteiger partial charge is 0.385 e. The molecule has 2 amide bonds. The molecule has 1 aromatic carbocycles. The van der Waals surface area contributed by atoms with Gasteiger partial charge in [-0.05, 0) is 23.4 Å². The van der Waals surface area contributed by atoms with E-state index < -0.39 is 0 Å². The third-order valence-electron chi connectivity index (χ3n) is 5.58. The van der Waals surface area contributed by atoms with Crippen LogP contribution in [0.15, 0.2) is 53.5 Å². The monoisotopic (exact) mass is 425 g/mol. The quantitative estimate of drug-likeness (QED) is 0.481. The van der Waals surface area contributed by atoms with Gasteiger partial charge in [-0.15, -0.1) is 11.3 Å². The van der Waals surface area contributed by atoms with Crippen molar-refractivity contribution >= 4 is 28.7 Å². The summed E-state index contributed by atoms with van der Waals surface area (Å²) in [7, 11) is 1.63. The highest BCUT2D eigenvalue weighted by Crippen LogP contribution is 2.34. The molecule has 2 aromatic rings. The Morgan fingerprint density at radius 1 is 0.967 bits per heavy atom. The SMILES string of the molecule is COCCCN1C(=O)C(c2cccs2)=C(N2CCN(Cc3ccccc3)CC2)C1=O. The molecule has 0 bridgehead atoms. The summed E-state index contributed by atoms with van der Waals surface area (Å²) in [6.07, 6.45) is 0.643. The minimum atomic E-state index is -0.180. The average molecular weight is 426 g/mol. The van der Waals surface area contributed by atoms with Crippen molar-refractivity contribution in [1.82, 2.24) is 14.7 Å². The second-order valence-corrected chi connectivity index (χ2v) is 8.51. The first-order valence-corrected chi connectivity index (χ1v) is 11.2. The topological polar surface area (TPSA) is 53.1 Å². The van der Waals surface area contributed by atoms with Gasteiger partial charge in [0.05, 0.1) is 5.57 Å². The molecule has 6 nitrogen and oxygen atoms in total. The van der Waals surface area contributed by atoms with Gasteiger partial charge in [-0.25, -0.2) is 0 Å². The van der Waals surface area contributed by atoms with Crippen LogP contribution in [0.4, 0.5) is 0 Å². The van der Waals surface area contributed by atoms with Gasteiger partial charge in [-0.2, -0.15) is 0 Å². The lowest BCUT2D eigenvalue weighted by Crippen LogP contribution is -2.47. The van der Waals surface area contributed by atoms with Crippen LogP contribution in [0.5, 0.6) is 0 Å². The van der Waals surface area contributed by atoms with Gasteiger partial charge < -0.3 is 9.64 Å². The highest BCUT2D eigenvalue weighted by Gasteiger charge is 2.42. The number of imide groups is 1. The van der Waals surface area contributed by atoms with E-state index in [2.05, 4.69) is 34.1 Å². The zero-order valence-electron chi connectivity index (χ0n) is 17.3. The van der Waals surface area contributed by atoms with E-state index >= 15 is 0 Å². The van der Waals surface area contributed by atoms with Crippen LogP contribution in [0, 0.1) is 0 Å². The molecule has 2 aliphatic rings. The summed E-state index contributed by atoms with van der Waals surface area (Å²) in [5.41, 5.74) is 2.42. The van der Waals surface area contributed by atoms with Crippen LogP contribution in [-0.2, 0) is 20.9 Å². The number of nitrogens with zero attached hydrogens (tertiary/aromatic N) is 3. The van der Waals surface area contributed by atoms with E-state index in [-0.39, 0.29) is 11.8 Å². The smallest absolute Gasteiger partial charge is 0.277 e. The number of ether oxygens (including phenoxy) is 1. The molecule has 0 atom stereocenters. The Balaban J connectivity index is 1.50. The van der Waals surface area contributed by atoms with E-state index in [4.69, 9.17) is 4.74 Å². The molecule has 1 aromatic heterocycles. The minimum absolute atomic E-state index is 0.170. The maximum atomic E-state index is 13.2. The maximum Gasteiger partial charge on any atom is 0.277 e. The van der Waals surface area contributed by atoms with Gasteiger partial charge in [0.15, 0.2) is 0 Å². The summed E-state index contributed by atoms with van der Waals surface area (Å²) in [5.74, 6) is -0.351. The van der Waals surface area contributed by atoms with Crippen LogP contribution in [0.3, 0.4) is 0 Å². The van der Waals surface area contributed by atoms with E-state index in [1.807, 2.05) is 23.6 Å². The van der Waals surface area contributed by atoms with Gasteiger partial charge in [-0.3, -0.25) is 19.4 Å². The first kappa shape index (κ1) is 20.8. The van der Waals surface area contributed by atoms with Crippen molar-refractivity contribution in [3.05, 3.63) is 64.0 Å². The van der Waals surface area contributed by atoms with E-state index in [1.54, 1.807) is 7.11 Å². The van der Waals surface area contributed by atoms with Gasteiger partial charge in [-0.1, -0.05) is 36.4 Å². The summed E-state index contributed by atoms with van der Waals surface area (Å²) in [6, 6.07) is 14.3. The maximum absolute atomic E-state index is 13.2. The van der Waals surface area contributed by atoms with Crippen molar-refractivity contribution in [3.8, 4) is 0 Å². The molecular formula is C23H27N3O3S. The Kier molecular flexibility index (Phi) is 6.62. The van der Waals surface area contributed by atoms with E-state index in [9.17, 15) is 9.59 Å². The number of hydrogen-bond donors (Lipinski definition) is 0. The highest BCUT2D eigenvalue weighted by atomic mass is 32.1. The van der Waals surface area contributed by atoms with Crippen molar-refractivity contribution in [3.63, 3.8) is 0 Å². The third-order valence-corrected chi connectivity index (χ3v) is 6.47. The Hall–Kier alpha value is -2.48. The fourth-order valence-corrected chi connectivity index (χ4v) is 4.80. The van der Waals surface area contributed by atoms with Crippen LogP contribution in [0.2, 0.25) is 0 Å². The fraction of sp³-hybridized carbons (Fsp3) is 0.391. The summed E-state index contributed by atoms with van der Waals surface area (Å²) in [4.78, 5) is 33.1. The Morgan fingerprint density at radius 2 is 1.73 bits per heavy atom. The Labute approximate surface area is 181 Å². The number of hydrogen-bond acceptors (Lipinski definition) is 6. The van der Waals surface area contributed by atoms with Crippen molar-refractivity contribution in [2.45, 2.75) is 13.0 Å². The number of carbonyl (C=O) groups is 2. The van der Waals surface area contributed by atoms with Gasteiger partial charge in [0.25, 0.3) is 11.8 Å². The van der Waals surface area contributed by atoms with Crippen LogP contribution >= 0.6 is 11.3 Å². The minimum Gasteiger partial charge on any atom is -0.385 e. The predicted octanol–water partition coefficient (Wildman–Crippen LogP) is 2.68. The first-order valence-electron chi connectivity index (χ1n) is 10.3. The lowest BCUT2D eigenvalue weighted by atomic mass is 10.1. The summed E-state index contributed by atoms with van der Waals surface area (Å²) in [6.45, 7) is 5.02. The molecule has 7 heteroatoms. The molecule has 2 aliphatic heterocycles. The number of benzene rings is 1. The third kappa shape index (κ3) is 4.33. The summed E-state index contributed by atoms with van der Waals surface area (Å²) < 4.78 is 5.10. The van der Waals surface area contributed by atoms with Crippen LogP contribution in [0.25, 0.3) is 5.57 Å². The number of methoxy groups -OCH3 is 1. The standard InChI is InChI=1S/C23H27N3O3S/c1-29-15-6-10-26-22(27)20(19-9-5-16-30-19)21(23(26)28)25-13-11-24(12-14-25)17-18-7-3-2-4-8-18/h2-5,7-9,16H,6,10-15,17H2,1H3. The number of amides is 2. The molecule has 0 radical (unpaired) electrons. The summed E-state index contributed by atoms with van der Waals surface area (Å²) >= 11 is 1.51. The molecular weight excluding hydrogens is 398 g/mol. The second kappa shape index (κ2) is 9.55. The molecule has 0 spiro atoms. The zero-order valence-corrected chi connectivity index (χ0v) is 18.1. The highest BCUT2D eigenvalue weighted by molar-refractivity contribution is 7.11. The van der Waals surface area contributed by atoms with Crippen molar-refractivity contribution in [2.75, 3.05) is 46.4 Å². The van der Waals surface area contributed by atoms with Crippen LogP contribution in [-0.4, -0.2) is 73.0 Å². The lowest BCUT2D eigenvalue weighted by molar-refractivity contribution is -0.137. The summed E-state index contributed by atoms with van der Waals surface area (Å²) in [5, 5.41) is 1.95. The molecule has 1 saturated heterocycles. The number of thiophene rings is 1. The molecule has 1 fully saturated rings. The first-order chi connectivity index (χ1) is 14.7. The van der Waals surface area contributed by atoms with Crippen LogP contribution < -0.4 is 0 Å². The predicted molar refractivity (Wildman–Crippen MR) is 118 cm³/mol. The second-order valence-electron chi connectivity index (χ2n) is 7.56. The van der Waals surface area contributed by atoms with Gasteiger partial charge in [0.1, 0.15) is 5.70 Å². The molecule has 0 unspecified atom stereocenters. The number of piperazine rings is 1. The molecule has 4 rings (SSSR count). The fourth-order valence-electron chi connectivity index (χ4n) is 4.04. The molecule has 3 heterocycles. The van der Waals surface area contributed by atoms with Crippen molar-refractivity contribution in [2.24, 2.45) is 0 Å². The number of rotatable bonds is 8. The zero-order chi connectivity index (χ0) is 20.9. The average Bonchev–Trinajstić information content (AvgIpc) is 3.37. The van der Waals surface area contributed by atoms with Gasteiger partial charge in [0, 0.05) is 57.9 Å². The molecule has 0 N–H and O–H groups in total. The van der Waals surface area contributed by atoms with E-state index in [0.29, 0.717) is 30.8 Å². The van der Waals surface area contributed by atoms with Crippen molar-refractivity contribution in [1.29, 1.82) is 0 Å². The molecule has 158 valence electrons. The lowest BCUT2D eigenvalue weighted by Gasteiger charge is -2.36. The van der Waals surface area contributed by atoms with E-state index in [1.165, 1.54) is 21.8 Å². The van der Waals surface area contributed by atoms with Crippen molar-refractivity contribution < 1.29 is 14.3 Å². The Morgan fingerprint density at radius 3 is 2.40 bits per heavy atom. The normalized spacial score (nSPS) is 18.0. The molecule has 0 aliphatic carbocycles. The number of carbonyl (C=O) groups excluding carboxylic acids is 2. The van der Waals surface area contributed by atoms with E-state index in [0.717, 1.165) is 37.6 Å². The molecule has 0 saturated carbocycles. The molecule has 30 heavy (non-hydrogen) atoms. The van der Waals surface area contributed by atoms with Gasteiger partial charge >= 0.3 is 0 Å². The van der Waals surface area contributed by atoms with Gasteiger partial charge in [0.2, 0.25) is 0 Å². The van der Waals surface area contributed by atoms with Crippen LogP contribution in [0.1, 0.15) is 16.9 Å².